The van der Waals surface area contributed by atoms with E-state index in [9.17, 15) is 4.79 Å². The minimum Gasteiger partial charge on any atom is -0.356 e. The molecule has 0 radical (unpaired) electrons. The van der Waals surface area contributed by atoms with Crippen LogP contribution in [-0.4, -0.2) is 30.0 Å². The third kappa shape index (κ3) is 3.94. The van der Waals surface area contributed by atoms with E-state index in [4.69, 9.17) is 5.26 Å². The number of hydrogen-bond donors (Lipinski definition) is 1. The molecular formula is C16H22N4O. The Balaban J connectivity index is 1.91. The molecule has 0 unspecified atom stereocenters. The lowest BCUT2D eigenvalue weighted by Gasteiger charge is -2.34. The van der Waals surface area contributed by atoms with E-state index in [-0.39, 0.29) is 17.4 Å². The van der Waals surface area contributed by atoms with Crippen LogP contribution in [0.5, 0.6) is 0 Å². The van der Waals surface area contributed by atoms with Crippen molar-refractivity contribution in [1.29, 1.82) is 5.26 Å². The Kier molecular flexibility index (Phi) is 4.46. The summed E-state index contributed by atoms with van der Waals surface area (Å²) >= 11 is 0. The van der Waals surface area contributed by atoms with E-state index in [1.54, 1.807) is 12.3 Å². The van der Waals surface area contributed by atoms with Crippen LogP contribution >= 0.6 is 0 Å². The van der Waals surface area contributed by atoms with Crippen LogP contribution in [0.3, 0.4) is 0 Å². The number of nitriles is 1. The summed E-state index contributed by atoms with van der Waals surface area (Å²) < 4.78 is 0. The Labute approximate surface area is 126 Å². The molecule has 0 aromatic carbocycles. The first-order valence-corrected chi connectivity index (χ1v) is 7.32. The molecule has 112 valence electrons. The first-order valence-electron chi connectivity index (χ1n) is 7.32. The molecule has 2 rings (SSSR count). The van der Waals surface area contributed by atoms with E-state index in [0.29, 0.717) is 5.56 Å². The van der Waals surface area contributed by atoms with Crippen LogP contribution in [0.1, 0.15) is 39.2 Å². The van der Waals surface area contributed by atoms with Gasteiger partial charge in [0.25, 0.3) is 0 Å². The van der Waals surface area contributed by atoms with Crippen molar-refractivity contribution >= 4 is 11.7 Å². The molecule has 0 atom stereocenters. The third-order valence-corrected chi connectivity index (χ3v) is 3.71. The van der Waals surface area contributed by atoms with Crippen LogP contribution in [-0.2, 0) is 4.79 Å². The summed E-state index contributed by atoms with van der Waals surface area (Å²) in [6.45, 7) is 7.46. The number of anilines is 1. The quantitative estimate of drug-likeness (QED) is 0.903. The van der Waals surface area contributed by atoms with E-state index in [0.717, 1.165) is 31.7 Å². The molecule has 1 aliphatic heterocycles. The number of carbonyl (C=O) groups is 1. The molecule has 1 N–H and O–H groups in total. The monoisotopic (exact) mass is 286 g/mol. The maximum absolute atomic E-state index is 12.0. The fourth-order valence-electron chi connectivity index (χ4n) is 2.32. The predicted molar refractivity (Wildman–Crippen MR) is 81.8 cm³/mol. The van der Waals surface area contributed by atoms with Crippen molar-refractivity contribution in [1.82, 2.24) is 10.3 Å². The highest BCUT2D eigenvalue weighted by Crippen LogP contribution is 2.20. The van der Waals surface area contributed by atoms with Gasteiger partial charge in [-0.15, -0.1) is 0 Å². The largest absolute Gasteiger partial charge is 0.356 e. The van der Waals surface area contributed by atoms with Crippen molar-refractivity contribution in [3.63, 3.8) is 0 Å². The minimum atomic E-state index is -0.347. The fraction of sp³-hybridized carbons (Fsp3) is 0.562. The van der Waals surface area contributed by atoms with Crippen molar-refractivity contribution in [2.45, 2.75) is 39.7 Å². The molecule has 5 heteroatoms. The summed E-state index contributed by atoms with van der Waals surface area (Å²) in [6.07, 6.45) is 3.47. The third-order valence-electron chi connectivity index (χ3n) is 3.71. The van der Waals surface area contributed by atoms with E-state index in [1.807, 2.05) is 26.8 Å². The van der Waals surface area contributed by atoms with Crippen LogP contribution in [0.25, 0.3) is 0 Å². The number of carbonyl (C=O) groups excluding carboxylic acids is 1. The Bertz CT molecular complexity index is 548. The van der Waals surface area contributed by atoms with Gasteiger partial charge in [-0.25, -0.2) is 4.98 Å². The topological polar surface area (TPSA) is 69.0 Å². The highest BCUT2D eigenvalue weighted by Gasteiger charge is 2.26. The van der Waals surface area contributed by atoms with Gasteiger partial charge in [0.2, 0.25) is 5.91 Å². The number of nitrogens with one attached hydrogen (secondary N) is 1. The van der Waals surface area contributed by atoms with Crippen molar-refractivity contribution in [2.24, 2.45) is 5.41 Å². The summed E-state index contributed by atoms with van der Waals surface area (Å²) in [5.41, 5.74) is 0.281. The summed E-state index contributed by atoms with van der Waals surface area (Å²) in [7, 11) is 0. The first-order chi connectivity index (χ1) is 9.90. The molecule has 21 heavy (non-hydrogen) atoms. The number of aromatic nitrogens is 1. The lowest BCUT2D eigenvalue weighted by Crippen LogP contribution is -2.47. The van der Waals surface area contributed by atoms with Crippen molar-refractivity contribution in [2.75, 3.05) is 18.0 Å². The molecule has 0 spiro atoms. The lowest BCUT2D eigenvalue weighted by molar-refractivity contribution is -0.129. The van der Waals surface area contributed by atoms with Crippen LogP contribution < -0.4 is 10.2 Å². The molecule has 1 aromatic heterocycles. The van der Waals surface area contributed by atoms with E-state index >= 15 is 0 Å². The molecule has 1 aromatic rings. The maximum Gasteiger partial charge on any atom is 0.225 e. The van der Waals surface area contributed by atoms with Crippen molar-refractivity contribution < 1.29 is 4.79 Å². The van der Waals surface area contributed by atoms with Crippen molar-refractivity contribution in [3.8, 4) is 6.07 Å². The summed E-state index contributed by atoms with van der Waals surface area (Å²) in [4.78, 5) is 18.5. The predicted octanol–water partition coefficient (Wildman–Crippen LogP) is 2.08. The SMILES string of the molecule is CC(C)(C)C(=O)NC1CCN(c2cc(C#N)ccn2)CC1. The molecule has 0 bridgehead atoms. The van der Waals surface area contributed by atoms with Gasteiger partial charge in [-0.05, 0) is 25.0 Å². The normalized spacial score (nSPS) is 16.4. The molecule has 0 saturated carbocycles. The number of piperidine rings is 1. The summed E-state index contributed by atoms with van der Waals surface area (Å²) in [5, 5.41) is 12.0. The second-order valence-electron chi connectivity index (χ2n) is 6.50. The number of pyridine rings is 1. The molecule has 2 heterocycles. The standard InChI is InChI=1S/C16H22N4O/c1-16(2,3)15(21)19-13-5-8-20(9-6-13)14-10-12(11-17)4-7-18-14/h4,7,10,13H,5-6,8-9H2,1-3H3,(H,19,21). The highest BCUT2D eigenvalue weighted by molar-refractivity contribution is 5.81. The van der Waals surface area contributed by atoms with Crippen LogP contribution in [0, 0.1) is 16.7 Å². The Hall–Kier alpha value is -2.09. The van der Waals surface area contributed by atoms with Crippen LogP contribution in [0.2, 0.25) is 0 Å². The van der Waals surface area contributed by atoms with E-state index in [2.05, 4.69) is 21.3 Å². The molecule has 1 fully saturated rings. The van der Waals surface area contributed by atoms with Gasteiger partial charge < -0.3 is 10.2 Å². The zero-order chi connectivity index (χ0) is 15.5. The molecular weight excluding hydrogens is 264 g/mol. The van der Waals surface area contributed by atoms with Gasteiger partial charge in [0.1, 0.15) is 5.82 Å². The fourth-order valence-corrected chi connectivity index (χ4v) is 2.32. The Morgan fingerprint density at radius 1 is 1.43 bits per heavy atom. The molecule has 1 saturated heterocycles. The second kappa shape index (κ2) is 6.13. The Morgan fingerprint density at radius 3 is 2.67 bits per heavy atom. The van der Waals surface area contributed by atoms with E-state index < -0.39 is 0 Å². The zero-order valence-electron chi connectivity index (χ0n) is 12.9. The van der Waals surface area contributed by atoms with Gasteiger partial charge in [-0.1, -0.05) is 20.8 Å². The van der Waals surface area contributed by atoms with Crippen LogP contribution in [0.15, 0.2) is 18.3 Å². The second-order valence-corrected chi connectivity index (χ2v) is 6.50. The summed E-state index contributed by atoms with van der Waals surface area (Å²) in [6, 6.07) is 5.88. The van der Waals surface area contributed by atoms with Gasteiger partial charge in [-0.3, -0.25) is 4.79 Å². The first kappa shape index (κ1) is 15.3. The zero-order valence-corrected chi connectivity index (χ0v) is 12.9. The van der Waals surface area contributed by atoms with Gasteiger partial charge in [0, 0.05) is 30.7 Å². The number of amides is 1. The average Bonchev–Trinajstić information content (AvgIpc) is 2.47. The molecule has 1 amide bonds. The van der Waals surface area contributed by atoms with Gasteiger partial charge in [0.15, 0.2) is 0 Å². The average molecular weight is 286 g/mol. The highest BCUT2D eigenvalue weighted by atomic mass is 16.2. The van der Waals surface area contributed by atoms with Gasteiger partial charge >= 0.3 is 0 Å². The minimum absolute atomic E-state index is 0.102. The van der Waals surface area contributed by atoms with E-state index in [1.165, 1.54) is 0 Å². The Morgan fingerprint density at radius 2 is 2.10 bits per heavy atom. The number of nitrogens with zero attached hydrogens (tertiary/aromatic N) is 3. The number of hydrogen-bond acceptors (Lipinski definition) is 4. The molecule has 1 aliphatic rings. The molecule has 5 nitrogen and oxygen atoms in total. The summed E-state index contributed by atoms with van der Waals surface area (Å²) in [5.74, 6) is 0.945. The van der Waals surface area contributed by atoms with Gasteiger partial charge in [0.05, 0.1) is 11.6 Å². The maximum atomic E-state index is 12.0. The van der Waals surface area contributed by atoms with Crippen molar-refractivity contribution in [3.05, 3.63) is 23.9 Å². The molecule has 0 aliphatic carbocycles. The van der Waals surface area contributed by atoms with Gasteiger partial charge in [-0.2, -0.15) is 5.26 Å². The lowest BCUT2D eigenvalue weighted by atomic mass is 9.94. The van der Waals surface area contributed by atoms with Crippen LogP contribution in [0.4, 0.5) is 5.82 Å². The smallest absolute Gasteiger partial charge is 0.225 e. The number of rotatable bonds is 2.